The van der Waals surface area contributed by atoms with Crippen molar-refractivity contribution < 1.29 is 0 Å². The van der Waals surface area contributed by atoms with Gasteiger partial charge in [-0.05, 0) is 49.9 Å². The molecule has 0 saturated carbocycles. The summed E-state index contributed by atoms with van der Waals surface area (Å²) in [6.45, 7) is 9.05. The molecule has 0 spiro atoms. The molecular formula is C29H34N2. The van der Waals surface area contributed by atoms with Gasteiger partial charge in [0.05, 0.1) is 0 Å². The van der Waals surface area contributed by atoms with Gasteiger partial charge in [0.25, 0.3) is 0 Å². The Hall–Kier alpha value is -2.42. The molecule has 2 aliphatic rings. The monoisotopic (exact) mass is 410 g/mol. The largest absolute Gasteiger partial charge is 0.296 e. The summed E-state index contributed by atoms with van der Waals surface area (Å²) in [7, 11) is 0. The molecule has 2 atom stereocenters. The Morgan fingerprint density at radius 1 is 0.806 bits per heavy atom. The number of fused-ring (bicyclic) bond motifs is 1. The zero-order valence-corrected chi connectivity index (χ0v) is 18.9. The molecule has 2 nitrogen and oxygen atoms in total. The minimum atomic E-state index is 0.407. The lowest BCUT2D eigenvalue weighted by atomic mass is 9.82. The molecule has 160 valence electrons. The van der Waals surface area contributed by atoms with E-state index in [4.69, 9.17) is 0 Å². The van der Waals surface area contributed by atoms with Crippen LogP contribution >= 0.6 is 0 Å². The molecule has 0 aromatic heterocycles. The Balaban J connectivity index is 1.48. The molecular weight excluding hydrogens is 376 g/mol. The molecule has 5 rings (SSSR count). The Kier molecular flexibility index (Phi) is 5.93. The number of rotatable bonds is 5. The highest BCUT2D eigenvalue weighted by molar-refractivity contribution is 5.35. The van der Waals surface area contributed by atoms with E-state index in [1.807, 2.05) is 0 Å². The minimum absolute atomic E-state index is 0.407. The number of piperazine rings is 1. The first-order valence-electron chi connectivity index (χ1n) is 11.8. The maximum atomic E-state index is 2.84. The number of hydrogen-bond donors (Lipinski definition) is 0. The van der Waals surface area contributed by atoms with E-state index in [9.17, 15) is 0 Å². The Morgan fingerprint density at radius 3 is 2.03 bits per heavy atom. The Bertz CT molecular complexity index is 938. The minimum Gasteiger partial charge on any atom is -0.296 e. The van der Waals surface area contributed by atoms with Gasteiger partial charge in [-0.2, -0.15) is 0 Å². The van der Waals surface area contributed by atoms with E-state index in [2.05, 4.69) is 103 Å². The second kappa shape index (κ2) is 8.98. The van der Waals surface area contributed by atoms with Crippen molar-refractivity contribution in [2.45, 2.75) is 51.2 Å². The van der Waals surface area contributed by atoms with E-state index < -0.39 is 0 Å². The van der Waals surface area contributed by atoms with Crippen molar-refractivity contribution in [2.75, 3.05) is 19.6 Å². The third kappa shape index (κ3) is 4.46. The highest BCUT2D eigenvalue weighted by Crippen LogP contribution is 2.37. The first kappa shape index (κ1) is 20.5. The molecule has 2 saturated heterocycles. The van der Waals surface area contributed by atoms with Gasteiger partial charge in [-0.1, -0.05) is 90.0 Å². The van der Waals surface area contributed by atoms with Crippen LogP contribution in [0, 0.1) is 13.8 Å². The van der Waals surface area contributed by atoms with Crippen LogP contribution in [0.5, 0.6) is 0 Å². The molecule has 0 radical (unpaired) electrons. The normalized spacial score (nSPS) is 22.0. The third-order valence-electron chi connectivity index (χ3n) is 7.15. The molecule has 2 heteroatoms. The number of nitrogens with zero attached hydrogens (tertiary/aromatic N) is 2. The zero-order chi connectivity index (χ0) is 21.2. The summed E-state index contributed by atoms with van der Waals surface area (Å²) in [5, 5.41) is 0. The van der Waals surface area contributed by atoms with Crippen molar-refractivity contribution in [2.24, 2.45) is 0 Å². The lowest BCUT2D eigenvalue weighted by Crippen LogP contribution is -2.57. The highest BCUT2D eigenvalue weighted by Gasteiger charge is 2.41. The molecule has 0 unspecified atom stereocenters. The van der Waals surface area contributed by atoms with Gasteiger partial charge in [0.15, 0.2) is 0 Å². The van der Waals surface area contributed by atoms with Crippen molar-refractivity contribution in [3.05, 3.63) is 107 Å². The first-order valence-corrected chi connectivity index (χ1v) is 11.8. The van der Waals surface area contributed by atoms with Crippen LogP contribution in [0.2, 0.25) is 0 Å². The van der Waals surface area contributed by atoms with Crippen LogP contribution in [0.4, 0.5) is 0 Å². The van der Waals surface area contributed by atoms with Crippen molar-refractivity contribution in [3.63, 3.8) is 0 Å². The molecule has 0 bridgehead atoms. The topological polar surface area (TPSA) is 6.48 Å². The fourth-order valence-electron chi connectivity index (χ4n) is 6.03. The van der Waals surface area contributed by atoms with E-state index in [0.29, 0.717) is 18.0 Å². The standard InChI is InChI=1S/C29H34N2/c1-22-16-23(2)18-24(17-22)19-30-20-27-14-9-15-31(27)28(21-30)29(25-10-5-3-6-11-25)26-12-7-4-8-13-26/h3-8,10-13,16-18,27-29H,9,14-15,19-21H2,1-2H3/t27-,28-/m0/s1. The maximum absolute atomic E-state index is 2.84. The summed E-state index contributed by atoms with van der Waals surface area (Å²) < 4.78 is 0. The molecule has 2 aliphatic heterocycles. The molecule has 2 fully saturated rings. The average molecular weight is 411 g/mol. The van der Waals surface area contributed by atoms with Gasteiger partial charge in [-0.3, -0.25) is 9.80 Å². The van der Waals surface area contributed by atoms with Gasteiger partial charge in [-0.15, -0.1) is 0 Å². The second-order valence-electron chi connectivity index (χ2n) is 9.59. The molecule has 2 heterocycles. The average Bonchev–Trinajstić information content (AvgIpc) is 3.24. The number of benzene rings is 3. The lowest BCUT2D eigenvalue weighted by Gasteiger charge is -2.47. The molecule has 0 N–H and O–H groups in total. The van der Waals surface area contributed by atoms with Crippen molar-refractivity contribution >= 4 is 0 Å². The van der Waals surface area contributed by atoms with E-state index >= 15 is 0 Å². The van der Waals surface area contributed by atoms with E-state index in [1.54, 1.807) is 0 Å². The zero-order valence-electron chi connectivity index (χ0n) is 18.9. The van der Waals surface area contributed by atoms with Crippen LogP contribution in [-0.2, 0) is 6.54 Å². The fraction of sp³-hybridized carbons (Fsp3) is 0.379. The molecule has 3 aromatic carbocycles. The van der Waals surface area contributed by atoms with E-state index in [1.165, 1.54) is 53.7 Å². The first-order chi connectivity index (χ1) is 15.2. The summed E-state index contributed by atoms with van der Waals surface area (Å²) in [4.78, 5) is 5.56. The van der Waals surface area contributed by atoms with Crippen LogP contribution in [0.15, 0.2) is 78.9 Å². The van der Waals surface area contributed by atoms with Crippen molar-refractivity contribution in [1.82, 2.24) is 9.80 Å². The Labute approximate surface area is 187 Å². The summed E-state index contributed by atoms with van der Waals surface area (Å²) in [6.07, 6.45) is 2.66. The van der Waals surface area contributed by atoms with Gasteiger partial charge in [-0.25, -0.2) is 0 Å². The summed E-state index contributed by atoms with van der Waals surface area (Å²) >= 11 is 0. The number of hydrogen-bond acceptors (Lipinski definition) is 2. The predicted octanol–water partition coefficient (Wildman–Crippen LogP) is 5.78. The Morgan fingerprint density at radius 2 is 1.42 bits per heavy atom. The molecule has 0 aliphatic carbocycles. The van der Waals surface area contributed by atoms with Crippen LogP contribution in [0.1, 0.15) is 46.6 Å². The second-order valence-corrected chi connectivity index (χ2v) is 9.59. The van der Waals surface area contributed by atoms with Crippen LogP contribution in [-0.4, -0.2) is 41.5 Å². The van der Waals surface area contributed by atoms with E-state index in [0.717, 1.165) is 13.1 Å². The SMILES string of the molecule is Cc1cc(C)cc(CN2C[C@@H]3CCCN3[C@H](C(c3ccccc3)c3ccccc3)C2)c1. The lowest BCUT2D eigenvalue weighted by molar-refractivity contribution is 0.0384. The van der Waals surface area contributed by atoms with Gasteiger partial charge in [0.2, 0.25) is 0 Å². The smallest absolute Gasteiger partial charge is 0.0336 e. The van der Waals surface area contributed by atoms with Crippen LogP contribution in [0.3, 0.4) is 0 Å². The summed E-state index contributed by atoms with van der Waals surface area (Å²) in [5.74, 6) is 0.407. The molecule has 31 heavy (non-hydrogen) atoms. The molecule has 3 aromatic rings. The van der Waals surface area contributed by atoms with E-state index in [-0.39, 0.29) is 0 Å². The van der Waals surface area contributed by atoms with Crippen molar-refractivity contribution in [1.29, 1.82) is 0 Å². The van der Waals surface area contributed by atoms with Crippen LogP contribution in [0.25, 0.3) is 0 Å². The summed E-state index contributed by atoms with van der Waals surface area (Å²) in [5.41, 5.74) is 7.09. The molecule has 0 amide bonds. The quantitative estimate of drug-likeness (QED) is 0.526. The summed E-state index contributed by atoms with van der Waals surface area (Å²) in [6, 6.07) is 30.6. The number of aryl methyl sites for hydroxylation is 2. The third-order valence-corrected chi connectivity index (χ3v) is 7.15. The maximum Gasteiger partial charge on any atom is 0.0336 e. The van der Waals surface area contributed by atoms with Gasteiger partial charge in [0, 0.05) is 37.6 Å². The fourth-order valence-corrected chi connectivity index (χ4v) is 6.03. The van der Waals surface area contributed by atoms with Gasteiger partial charge >= 0.3 is 0 Å². The van der Waals surface area contributed by atoms with Gasteiger partial charge < -0.3 is 0 Å². The van der Waals surface area contributed by atoms with Crippen molar-refractivity contribution in [3.8, 4) is 0 Å². The highest BCUT2D eigenvalue weighted by atomic mass is 15.3. The van der Waals surface area contributed by atoms with Gasteiger partial charge in [0.1, 0.15) is 0 Å². The predicted molar refractivity (Wildman–Crippen MR) is 129 cm³/mol. The van der Waals surface area contributed by atoms with Crippen LogP contribution < -0.4 is 0 Å².